The van der Waals surface area contributed by atoms with E-state index in [2.05, 4.69) is 25.2 Å². The highest BCUT2D eigenvalue weighted by atomic mass is 19.4. The van der Waals surface area contributed by atoms with Gasteiger partial charge in [0.05, 0.1) is 6.61 Å². The van der Waals surface area contributed by atoms with Crippen LogP contribution in [0.5, 0.6) is 5.88 Å². The number of anilines is 1. The van der Waals surface area contributed by atoms with Crippen LogP contribution < -0.4 is 9.64 Å². The molecule has 0 spiro atoms. The highest BCUT2D eigenvalue weighted by Crippen LogP contribution is 2.29. The Balaban J connectivity index is 1.32. The molecule has 3 aromatic rings. The van der Waals surface area contributed by atoms with Crippen molar-refractivity contribution in [3.8, 4) is 5.88 Å². The molecule has 4 rings (SSSR count). The molecule has 0 atom stereocenters. The van der Waals surface area contributed by atoms with Gasteiger partial charge in [0.25, 0.3) is 0 Å². The number of hydrogen-bond donors (Lipinski definition) is 0. The first kappa shape index (κ1) is 17.5. The second kappa shape index (κ2) is 7.01. The summed E-state index contributed by atoms with van der Waals surface area (Å²) in [6.07, 6.45) is -1.19. The lowest BCUT2D eigenvalue weighted by Gasteiger charge is -2.32. The topological polar surface area (TPSA) is 68.4 Å². The van der Waals surface area contributed by atoms with Gasteiger partial charge in [-0.05, 0) is 37.0 Å². The molecule has 0 aromatic carbocycles. The van der Waals surface area contributed by atoms with Crippen molar-refractivity contribution in [1.29, 1.82) is 0 Å². The van der Waals surface area contributed by atoms with Gasteiger partial charge < -0.3 is 9.64 Å². The summed E-state index contributed by atoms with van der Waals surface area (Å²) >= 11 is 0. The van der Waals surface area contributed by atoms with E-state index in [0.717, 1.165) is 37.8 Å². The van der Waals surface area contributed by atoms with Crippen molar-refractivity contribution >= 4 is 11.5 Å². The van der Waals surface area contributed by atoms with Gasteiger partial charge in [-0.15, -0.1) is 15.3 Å². The van der Waals surface area contributed by atoms with Crippen LogP contribution in [0.2, 0.25) is 0 Å². The van der Waals surface area contributed by atoms with Crippen LogP contribution in [-0.2, 0) is 6.18 Å². The van der Waals surface area contributed by atoms with Gasteiger partial charge in [-0.1, -0.05) is 6.07 Å². The average Bonchev–Trinajstić information content (AvgIpc) is 3.14. The number of fused-ring (bicyclic) bond motifs is 1. The largest absolute Gasteiger partial charge is 0.477 e. The molecule has 0 bridgehead atoms. The number of aromatic nitrogens is 5. The Bertz CT molecular complexity index is 920. The van der Waals surface area contributed by atoms with Crippen LogP contribution in [0, 0.1) is 5.92 Å². The van der Waals surface area contributed by atoms with Crippen molar-refractivity contribution in [2.75, 3.05) is 24.6 Å². The summed E-state index contributed by atoms with van der Waals surface area (Å²) in [5.74, 6) is 1.12. The molecule has 1 fully saturated rings. The molecule has 1 aliphatic heterocycles. The first-order chi connectivity index (χ1) is 13.0. The minimum atomic E-state index is -4.47. The van der Waals surface area contributed by atoms with E-state index in [0.29, 0.717) is 12.3 Å². The molecule has 4 heterocycles. The summed E-state index contributed by atoms with van der Waals surface area (Å²) < 4.78 is 45.2. The number of rotatable bonds is 4. The zero-order valence-corrected chi connectivity index (χ0v) is 14.3. The van der Waals surface area contributed by atoms with Crippen molar-refractivity contribution in [3.05, 3.63) is 42.4 Å². The molecule has 1 aliphatic rings. The number of piperidine rings is 1. The zero-order chi connectivity index (χ0) is 18.9. The minimum absolute atomic E-state index is 0.00646. The van der Waals surface area contributed by atoms with Crippen LogP contribution in [0.4, 0.5) is 19.0 Å². The number of halogens is 3. The zero-order valence-electron chi connectivity index (χ0n) is 14.3. The van der Waals surface area contributed by atoms with Gasteiger partial charge in [-0.3, -0.25) is 0 Å². The van der Waals surface area contributed by atoms with E-state index in [9.17, 15) is 13.2 Å². The monoisotopic (exact) mass is 378 g/mol. The highest BCUT2D eigenvalue weighted by molar-refractivity contribution is 5.45. The molecular formula is C17H17F3N6O. The van der Waals surface area contributed by atoms with E-state index < -0.39 is 11.9 Å². The standard InChI is InChI=1S/C17H17F3N6O/c18-17(19,20)13-2-1-3-16(22-13)27-10-12-6-8-25(9-7-12)15-5-4-14-23-21-11-26(14)24-15/h1-5,11-12H,6-10H2. The number of nitrogens with zero attached hydrogens (tertiary/aromatic N) is 6. The third-order valence-electron chi connectivity index (χ3n) is 4.57. The Morgan fingerprint density at radius 2 is 1.93 bits per heavy atom. The fourth-order valence-electron chi connectivity index (χ4n) is 3.07. The Hall–Kier alpha value is -2.91. The van der Waals surface area contributed by atoms with Gasteiger partial charge in [0.2, 0.25) is 5.88 Å². The third-order valence-corrected chi connectivity index (χ3v) is 4.57. The fourth-order valence-corrected chi connectivity index (χ4v) is 3.07. The first-order valence-corrected chi connectivity index (χ1v) is 8.58. The van der Waals surface area contributed by atoms with Gasteiger partial charge >= 0.3 is 6.18 Å². The summed E-state index contributed by atoms with van der Waals surface area (Å²) in [5.41, 5.74) is -0.249. The van der Waals surface area contributed by atoms with Crippen molar-refractivity contribution in [3.63, 3.8) is 0 Å². The molecule has 3 aromatic heterocycles. The molecule has 0 amide bonds. The fraction of sp³-hybridized carbons (Fsp3) is 0.412. The van der Waals surface area contributed by atoms with Gasteiger partial charge in [0.1, 0.15) is 17.8 Å². The summed E-state index contributed by atoms with van der Waals surface area (Å²) in [6, 6.07) is 7.46. The van der Waals surface area contributed by atoms with Crippen LogP contribution in [0.25, 0.3) is 5.65 Å². The molecule has 7 nitrogen and oxygen atoms in total. The van der Waals surface area contributed by atoms with Crippen molar-refractivity contribution in [2.24, 2.45) is 5.92 Å². The van der Waals surface area contributed by atoms with Crippen LogP contribution in [0.1, 0.15) is 18.5 Å². The predicted octanol–water partition coefficient (Wildman–Crippen LogP) is 2.83. The number of ether oxygens (including phenoxy) is 1. The molecular weight excluding hydrogens is 361 g/mol. The Kier molecular flexibility index (Phi) is 4.54. The minimum Gasteiger partial charge on any atom is -0.477 e. The van der Waals surface area contributed by atoms with Gasteiger partial charge in [-0.25, -0.2) is 4.98 Å². The predicted molar refractivity (Wildman–Crippen MR) is 90.5 cm³/mol. The maximum atomic E-state index is 12.7. The van der Waals surface area contributed by atoms with Crippen molar-refractivity contribution in [1.82, 2.24) is 24.8 Å². The maximum absolute atomic E-state index is 12.7. The lowest BCUT2D eigenvalue weighted by molar-refractivity contribution is -0.141. The molecule has 0 saturated carbocycles. The number of hydrogen-bond acceptors (Lipinski definition) is 6. The quantitative estimate of drug-likeness (QED) is 0.696. The van der Waals surface area contributed by atoms with Crippen molar-refractivity contribution < 1.29 is 17.9 Å². The summed E-state index contributed by atoms with van der Waals surface area (Å²) in [7, 11) is 0. The Morgan fingerprint density at radius 3 is 2.70 bits per heavy atom. The molecule has 0 aliphatic carbocycles. The maximum Gasteiger partial charge on any atom is 0.433 e. The molecule has 142 valence electrons. The van der Waals surface area contributed by atoms with E-state index >= 15 is 0 Å². The summed E-state index contributed by atoms with van der Waals surface area (Å²) in [5, 5.41) is 12.2. The smallest absolute Gasteiger partial charge is 0.433 e. The van der Waals surface area contributed by atoms with Crippen LogP contribution in [-0.4, -0.2) is 44.5 Å². The second-order valence-electron chi connectivity index (χ2n) is 6.43. The molecule has 0 N–H and O–H groups in total. The van der Waals surface area contributed by atoms with Gasteiger partial charge in [0, 0.05) is 19.2 Å². The SMILES string of the molecule is FC(F)(F)c1cccc(OCC2CCN(c3ccc4nncn4n3)CC2)n1. The molecule has 27 heavy (non-hydrogen) atoms. The van der Waals surface area contributed by atoms with Gasteiger partial charge in [0.15, 0.2) is 5.65 Å². The van der Waals surface area contributed by atoms with Crippen LogP contribution in [0.3, 0.4) is 0 Å². The first-order valence-electron chi connectivity index (χ1n) is 8.58. The van der Waals surface area contributed by atoms with E-state index in [4.69, 9.17) is 4.74 Å². The molecule has 0 radical (unpaired) electrons. The highest BCUT2D eigenvalue weighted by Gasteiger charge is 2.32. The lowest BCUT2D eigenvalue weighted by atomic mass is 9.98. The number of alkyl halides is 3. The van der Waals surface area contributed by atoms with Crippen molar-refractivity contribution in [2.45, 2.75) is 19.0 Å². The van der Waals surface area contributed by atoms with E-state index in [1.165, 1.54) is 12.1 Å². The van der Waals surface area contributed by atoms with E-state index in [1.54, 1.807) is 10.8 Å². The van der Waals surface area contributed by atoms with Gasteiger partial charge in [-0.2, -0.15) is 17.7 Å². The molecule has 1 saturated heterocycles. The third kappa shape index (κ3) is 3.93. The van der Waals surface area contributed by atoms with E-state index in [1.807, 2.05) is 12.1 Å². The number of pyridine rings is 1. The molecule has 0 unspecified atom stereocenters. The van der Waals surface area contributed by atoms with E-state index in [-0.39, 0.29) is 11.8 Å². The van der Waals surface area contributed by atoms with Crippen LogP contribution in [0.15, 0.2) is 36.7 Å². The normalized spacial score (nSPS) is 16.0. The lowest BCUT2D eigenvalue weighted by Crippen LogP contribution is -2.36. The Labute approximate surface area is 152 Å². The second-order valence-corrected chi connectivity index (χ2v) is 6.43. The van der Waals surface area contributed by atoms with Crippen LogP contribution >= 0.6 is 0 Å². The average molecular weight is 378 g/mol. The Morgan fingerprint density at radius 1 is 1.11 bits per heavy atom. The summed E-state index contributed by atoms with van der Waals surface area (Å²) in [6.45, 7) is 1.94. The molecule has 10 heteroatoms. The summed E-state index contributed by atoms with van der Waals surface area (Å²) in [4.78, 5) is 5.70.